The summed E-state index contributed by atoms with van der Waals surface area (Å²) < 4.78 is 5.29. The summed E-state index contributed by atoms with van der Waals surface area (Å²) in [6.45, 7) is 5.42. The van der Waals surface area contributed by atoms with Gasteiger partial charge in [-0.1, -0.05) is 66.2 Å². The number of hydrogen-bond acceptors (Lipinski definition) is 5. The van der Waals surface area contributed by atoms with Crippen LogP contribution in [0, 0.1) is 6.92 Å². The third kappa shape index (κ3) is 4.35. The van der Waals surface area contributed by atoms with Crippen molar-refractivity contribution >= 4 is 29.1 Å². The molecular weight excluding hydrogens is 430 g/mol. The van der Waals surface area contributed by atoms with Crippen molar-refractivity contribution in [1.29, 1.82) is 0 Å². The molecule has 1 unspecified atom stereocenters. The molecule has 3 aromatic rings. The molecule has 1 atom stereocenters. The lowest BCUT2D eigenvalue weighted by atomic mass is 9.94. The average molecular weight is 456 g/mol. The molecule has 4 rings (SSSR count). The molecule has 1 aliphatic rings. The monoisotopic (exact) mass is 455 g/mol. The minimum absolute atomic E-state index is 0.00281. The van der Waals surface area contributed by atoms with Gasteiger partial charge in [0.1, 0.15) is 5.76 Å². The second-order valence-corrected chi connectivity index (χ2v) is 8.45. The number of esters is 1. The fourth-order valence-corrected chi connectivity index (χ4v) is 4.07. The van der Waals surface area contributed by atoms with Gasteiger partial charge in [-0.25, -0.2) is 4.79 Å². The number of rotatable bonds is 5. The molecule has 3 aromatic carbocycles. The lowest BCUT2D eigenvalue weighted by Gasteiger charge is -2.26. The Morgan fingerprint density at radius 1 is 0.912 bits per heavy atom. The molecule has 34 heavy (non-hydrogen) atoms. The average Bonchev–Trinajstić information content (AvgIpc) is 3.09. The summed E-state index contributed by atoms with van der Waals surface area (Å²) in [5, 5.41) is 11.1. The molecule has 0 spiro atoms. The molecule has 1 aliphatic heterocycles. The number of ether oxygens (including phenoxy) is 1. The van der Waals surface area contributed by atoms with Crippen LogP contribution in [0.3, 0.4) is 0 Å². The van der Waals surface area contributed by atoms with E-state index in [0.717, 1.165) is 5.56 Å². The Morgan fingerprint density at radius 3 is 2.26 bits per heavy atom. The van der Waals surface area contributed by atoms with Gasteiger partial charge in [-0.15, -0.1) is 0 Å². The van der Waals surface area contributed by atoms with Gasteiger partial charge in [0.25, 0.3) is 11.7 Å². The van der Waals surface area contributed by atoms with Gasteiger partial charge in [0.2, 0.25) is 0 Å². The predicted molar refractivity (Wildman–Crippen MR) is 129 cm³/mol. The zero-order chi connectivity index (χ0) is 24.4. The Morgan fingerprint density at radius 2 is 1.59 bits per heavy atom. The van der Waals surface area contributed by atoms with Crippen molar-refractivity contribution in [3.05, 3.63) is 107 Å². The number of amides is 1. The maximum Gasteiger partial charge on any atom is 0.338 e. The zero-order valence-corrected chi connectivity index (χ0v) is 19.2. The van der Waals surface area contributed by atoms with Crippen LogP contribution in [0.2, 0.25) is 0 Å². The summed E-state index contributed by atoms with van der Waals surface area (Å²) in [5.41, 5.74) is 2.67. The van der Waals surface area contributed by atoms with E-state index in [1.165, 1.54) is 11.0 Å². The van der Waals surface area contributed by atoms with Crippen LogP contribution in [0.5, 0.6) is 0 Å². The van der Waals surface area contributed by atoms with Gasteiger partial charge in [0.05, 0.1) is 23.3 Å². The molecule has 0 aromatic heterocycles. The third-order valence-electron chi connectivity index (χ3n) is 5.55. The summed E-state index contributed by atoms with van der Waals surface area (Å²) in [6.07, 6.45) is -0.302. The van der Waals surface area contributed by atoms with E-state index in [0.29, 0.717) is 16.8 Å². The summed E-state index contributed by atoms with van der Waals surface area (Å²) >= 11 is 0. The van der Waals surface area contributed by atoms with Gasteiger partial charge in [0.15, 0.2) is 0 Å². The zero-order valence-electron chi connectivity index (χ0n) is 19.2. The number of aryl methyl sites for hydroxylation is 1. The van der Waals surface area contributed by atoms with Crippen molar-refractivity contribution in [1.82, 2.24) is 0 Å². The molecule has 1 N–H and O–H groups in total. The van der Waals surface area contributed by atoms with E-state index < -0.39 is 23.7 Å². The molecule has 0 aliphatic carbocycles. The highest BCUT2D eigenvalue weighted by Crippen LogP contribution is 2.42. The minimum Gasteiger partial charge on any atom is -0.507 e. The first kappa shape index (κ1) is 23.0. The molecule has 6 nitrogen and oxygen atoms in total. The Balaban J connectivity index is 1.90. The standard InChI is InChI=1S/C28H25NO5/c1-17(2)34-28(33)21-13-8-14-22(16-21)29-24(20-12-7-9-18(3)15-20)23(26(31)27(29)32)25(30)19-10-5-4-6-11-19/h4-17,24,30H,1-3H3/b25-23+. The molecule has 6 heteroatoms. The molecule has 1 fully saturated rings. The quantitative estimate of drug-likeness (QED) is 0.248. The topological polar surface area (TPSA) is 83.9 Å². The molecule has 1 heterocycles. The van der Waals surface area contributed by atoms with Gasteiger partial charge < -0.3 is 9.84 Å². The SMILES string of the molecule is Cc1cccc(C2/C(=C(\O)c3ccccc3)C(=O)C(=O)N2c2cccc(C(=O)OC(C)C)c2)c1. The largest absolute Gasteiger partial charge is 0.507 e. The van der Waals surface area contributed by atoms with Crippen molar-refractivity contribution in [3.63, 3.8) is 0 Å². The first-order valence-corrected chi connectivity index (χ1v) is 11.0. The molecule has 0 bridgehead atoms. The highest BCUT2D eigenvalue weighted by atomic mass is 16.5. The van der Waals surface area contributed by atoms with Crippen LogP contribution in [-0.4, -0.2) is 28.9 Å². The van der Waals surface area contributed by atoms with Crippen LogP contribution in [0.1, 0.15) is 46.9 Å². The van der Waals surface area contributed by atoms with Crippen molar-refractivity contribution in [2.45, 2.75) is 32.9 Å². The van der Waals surface area contributed by atoms with Crippen LogP contribution >= 0.6 is 0 Å². The lowest BCUT2D eigenvalue weighted by Crippen LogP contribution is -2.29. The lowest BCUT2D eigenvalue weighted by molar-refractivity contribution is -0.132. The van der Waals surface area contributed by atoms with Crippen LogP contribution in [0.15, 0.2) is 84.4 Å². The summed E-state index contributed by atoms with van der Waals surface area (Å²) in [5.74, 6) is -2.34. The van der Waals surface area contributed by atoms with Gasteiger partial charge in [-0.2, -0.15) is 0 Å². The number of benzene rings is 3. The number of hydrogen-bond donors (Lipinski definition) is 1. The molecule has 0 radical (unpaired) electrons. The fourth-order valence-electron chi connectivity index (χ4n) is 4.07. The molecule has 1 saturated heterocycles. The van der Waals surface area contributed by atoms with E-state index in [4.69, 9.17) is 4.74 Å². The maximum atomic E-state index is 13.3. The van der Waals surface area contributed by atoms with Gasteiger partial charge >= 0.3 is 5.97 Å². The van der Waals surface area contributed by atoms with Gasteiger partial charge in [-0.05, 0) is 44.5 Å². The second kappa shape index (κ2) is 9.35. The maximum absolute atomic E-state index is 13.3. The van der Waals surface area contributed by atoms with E-state index in [1.807, 2.05) is 31.2 Å². The third-order valence-corrected chi connectivity index (χ3v) is 5.55. The summed E-state index contributed by atoms with van der Waals surface area (Å²) in [4.78, 5) is 40.3. The van der Waals surface area contributed by atoms with Crippen molar-refractivity contribution in [2.24, 2.45) is 0 Å². The molecular formula is C28H25NO5. The number of ketones is 1. The van der Waals surface area contributed by atoms with E-state index in [9.17, 15) is 19.5 Å². The highest BCUT2D eigenvalue weighted by Gasteiger charge is 2.47. The number of nitrogens with zero attached hydrogens (tertiary/aromatic N) is 1. The Bertz CT molecular complexity index is 1290. The van der Waals surface area contributed by atoms with E-state index >= 15 is 0 Å². The number of carbonyl (C=O) groups excluding carboxylic acids is 3. The van der Waals surface area contributed by atoms with Gasteiger partial charge in [0, 0.05) is 11.3 Å². The second-order valence-electron chi connectivity index (χ2n) is 8.45. The Labute approximate surface area is 198 Å². The first-order chi connectivity index (χ1) is 16.3. The number of carbonyl (C=O) groups is 3. The normalized spacial score (nSPS) is 17.3. The minimum atomic E-state index is -0.864. The number of aliphatic hydroxyl groups excluding tert-OH is 1. The number of aliphatic hydroxyl groups is 1. The number of anilines is 1. The van der Waals surface area contributed by atoms with Crippen molar-refractivity contribution in [3.8, 4) is 0 Å². The molecule has 0 saturated carbocycles. The van der Waals surface area contributed by atoms with Crippen LogP contribution in [-0.2, 0) is 14.3 Å². The van der Waals surface area contributed by atoms with E-state index in [1.54, 1.807) is 62.4 Å². The van der Waals surface area contributed by atoms with Crippen molar-refractivity contribution < 1.29 is 24.2 Å². The van der Waals surface area contributed by atoms with E-state index in [2.05, 4.69) is 0 Å². The van der Waals surface area contributed by atoms with Crippen molar-refractivity contribution in [2.75, 3.05) is 4.90 Å². The number of Topliss-reactive ketones (excluding diaryl/α,β-unsaturated/α-hetero) is 1. The Hall–Kier alpha value is -4.19. The van der Waals surface area contributed by atoms with Gasteiger partial charge in [-0.3, -0.25) is 14.5 Å². The smallest absolute Gasteiger partial charge is 0.338 e. The predicted octanol–water partition coefficient (Wildman–Crippen LogP) is 5.19. The van der Waals surface area contributed by atoms with Crippen LogP contribution in [0.4, 0.5) is 5.69 Å². The molecule has 172 valence electrons. The summed E-state index contributed by atoms with van der Waals surface area (Å²) in [7, 11) is 0. The van der Waals surface area contributed by atoms with E-state index in [-0.39, 0.29) is 23.0 Å². The summed E-state index contributed by atoms with van der Waals surface area (Å²) in [6, 6.07) is 21.6. The fraction of sp³-hybridized carbons (Fsp3) is 0.179. The Kier molecular flexibility index (Phi) is 6.32. The molecule has 1 amide bonds. The highest BCUT2D eigenvalue weighted by molar-refractivity contribution is 6.51. The first-order valence-electron chi connectivity index (χ1n) is 11.0. The van der Waals surface area contributed by atoms with Crippen LogP contribution in [0.25, 0.3) is 5.76 Å². The van der Waals surface area contributed by atoms with Crippen LogP contribution < -0.4 is 4.90 Å².